The number of aryl methyl sites for hydroxylation is 1. The van der Waals surface area contributed by atoms with Crippen LogP contribution in [-0.2, 0) is 27.4 Å². The van der Waals surface area contributed by atoms with Crippen molar-refractivity contribution in [1.29, 1.82) is 0 Å². The number of nitrogens with one attached hydrogen (secondary N) is 1. The molecule has 0 unspecified atom stereocenters. The average Bonchev–Trinajstić information content (AvgIpc) is 2.85. The van der Waals surface area contributed by atoms with Crippen molar-refractivity contribution >= 4 is 11.9 Å². The lowest BCUT2D eigenvalue weighted by Crippen LogP contribution is -2.29. The van der Waals surface area contributed by atoms with E-state index in [1.807, 2.05) is 78.9 Å². The maximum Gasteiger partial charge on any atom is 0.491 e. The zero-order valence-corrected chi connectivity index (χ0v) is 19.4. The molecule has 190 valence electrons. The zero-order valence-electron chi connectivity index (χ0n) is 19.4. The van der Waals surface area contributed by atoms with Crippen LogP contribution in [0, 0.1) is 0 Å². The number of esters is 2. The molecule has 0 aliphatic carbocycles. The molecule has 0 fully saturated rings. The van der Waals surface area contributed by atoms with Crippen LogP contribution >= 0.6 is 0 Å². The lowest BCUT2D eigenvalue weighted by molar-refractivity contribution is -0.201. The number of hydrogen-bond donors (Lipinski definition) is 1. The number of para-hydroxylation sites is 1. The van der Waals surface area contributed by atoms with E-state index in [0.29, 0.717) is 13.2 Å². The van der Waals surface area contributed by atoms with Crippen LogP contribution in [0.3, 0.4) is 0 Å². The van der Waals surface area contributed by atoms with Crippen molar-refractivity contribution in [2.24, 2.45) is 0 Å². The predicted octanol–water partition coefficient (Wildman–Crippen LogP) is 5.60. The molecule has 3 aromatic carbocycles. The van der Waals surface area contributed by atoms with Gasteiger partial charge in [-0.25, -0.2) is 4.79 Å². The summed E-state index contributed by atoms with van der Waals surface area (Å²) in [6.07, 6.45) is -4.04. The minimum absolute atomic E-state index is 0.111. The molecular formula is C27H26F3NO5. The molecule has 6 nitrogen and oxygen atoms in total. The van der Waals surface area contributed by atoms with Gasteiger partial charge in [-0.15, -0.1) is 0 Å². The van der Waals surface area contributed by atoms with E-state index in [9.17, 15) is 22.8 Å². The van der Waals surface area contributed by atoms with Crippen LogP contribution in [0.15, 0.2) is 78.9 Å². The largest absolute Gasteiger partial charge is 0.491 e. The van der Waals surface area contributed by atoms with Crippen LogP contribution < -0.4 is 14.8 Å². The molecule has 0 aliphatic rings. The smallest absolute Gasteiger partial charge is 0.489 e. The fourth-order valence-corrected chi connectivity index (χ4v) is 3.23. The quantitative estimate of drug-likeness (QED) is 0.198. The van der Waals surface area contributed by atoms with E-state index in [2.05, 4.69) is 10.1 Å². The van der Waals surface area contributed by atoms with Gasteiger partial charge in [-0.05, 0) is 66.9 Å². The van der Waals surface area contributed by atoms with Crippen LogP contribution in [0.25, 0.3) is 0 Å². The summed E-state index contributed by atoms with van der Waals surface area (Å²) in [7, 11) is 0. The second-order valence-corrected chi connectivity index (χ2v) is 7.86. The molecule has 0 spiro atoms. The van der Waals surface area contributed by atoms with Crippen LogP contribution in [0.4, 0.5) is 13.2 Å². The van der Waals surface area contributed by atoms with Gasteiger partial charge in [-0.3, -0.25) is 4.79 Å². The van der Waals surface area contributed by atoms with E-state index in [-0.39, 0.29) is 13.0 Å². The Balaban J connectivity index is 1.36. The number of ether oxygens (including phenoxy) is 3. The minimum atomic E-state index is -5.18. The Bertz CT molecular complexity index is 1140. The summed E-state index contributed by atoms with van der Waals surface area (Å²) in [5.41, 5.74) is 2.03. The number of carbonyl (C=O) groups is 2. The van der Waals surface area contributed by atoms with E-state index in [0.717, 1.165) is 41.2 Å². The third-order valence-corrected chi connectivity index (χ3v) is 4.94. The number of benzene rings is 3. The number of rotatable bonds is 12. The molecule has 0 heterocycles. The van der Waals surface area contributed by atoms with Gasteiger partial charge in [0.25, 0.3) is 0 Å². The molecule has 9 heteroatoms. The first-order valence-electron chi connectivity index (χ1n) is 11.4. The monoisotopic (exact) mass is 501 g/mol. The topological polar surface area (TPSA) is 73.9 Å². The fourth-order valence-electron chi connectivity index (χ4n) is 3.23. The summed E-state index contributed by atoms with van der Waals surface area (Å²) >= 11 is 0. The summed E-state index contributed by atoms with van der Waals surface area (Å²) in [5.74, 6) is -1.50. The van der Waals surface area contributed by atoms with Gasteiger partial charge in [0.1, 0.15) is 23.9 Å². The second kappa shape index (κ2) is 13.3. The van der Waals surface area contributed by atoms with Crippen molar-refractivity contribution in [1.82, 2.24) is 5.32 Å². The molecule has 0 saturated carbocycles. The van der Waals surface area contributed by atoms with Gasteiger partial charge >= 0.3 is 18.1 Å². The highest BCUT2D eigenvalue weighted by molar-refractivity contribution is 5.88. The summed E-state index contributed by atoms with van der Waals surface area (Å²) in [6, 6.07) is 24.9. The van der Waals surface area contributed by atoms with Crippen molar-refractivity contribution < 1.29 is 37.0 Å². The SMILES string of the molecule is O=C(CCNCCCc1cccc(OCc2cccc(Oc3ccccc3)c2)c1)OC(=O)C(F)(F)F. The van der Waals surface area contributed by atoms with E-state index >= 15 is 0 Å². The molecule has 3 aromatic rings. The molecule has 0 amide bonds. The van der Waals surface area contributed by atoms with Crippen LogP contribution in [0.1, 0.15) is 24.0 Å². The van der Waals surface area contributed by atoms with Gasteiger partial charge in [0.2, 0.25) is 0 Å². The van der Waals surface area contributed by atoms with Crippen LogP contribution in [-0.4, -0.2) is 31.2 Å². The molecule has 0 atom stereocenters. The number of hydrogen-bond acceptors (Lipinski definition) is 6. The maximum atomic E-state index is 12.1. The first-order chi connectivity index (χ1) is 17.3. The highest BCUT2D eigenvalue weighted by atomic mass is 19.4. The number of halogens is 3. The molecule has 0 radical (unpaired) electrons. The Morgan fingerprint density at radius 2 is 1.44 bits per heavy atom. The Labute approximate surface area is 207 Å². The van der Waals surface area contributed by atoms with Gasteiger partial charge in [0.15, 0.2) is 0 Å². The van der Waals surface area contributed by atoms with Crippen molar-refractivity contribution in [2.75, 3.05) is 13.1 Å². The third kappa shape index (κ3) is 9.42. The van der Waals surface area contributed by atoms with Crippen LogP contribution in [0.2, 0.25) is 0 Å². The summed E-state index contributed by atoms with van der Waals surface area (Å²) in [4.78, 5) is 21.9. The molecule has 0 saturated heterocycles. The van der Waals surface area contributed by atoms with E-state index in [4.69, 9.17) is 9.47 Å². The Kier molecular flexibility index (Phi) is 9.88. The lowest BCUT2D eigenvalue weighted by Gasteiger charge is -2.10. The normalized spacial score (nSPS) is 11.1. The van der Waals surface area contributed by atoms with Gasteiger partial charge in [-0.1, -0.05) is 42.5 Å². The van der Waals surface area contributed by atoms with Gasteiger partial charge in [0.05, 0.1) is 6.42 Å². The second-order valence-electron chi connectivity index (χ2n) is 7.86. The maximum absolute atomic E-state index is 12.1. The Morgan fingerprint density at radius 3 is 2.19 bits per heavy atom. The van der Waals surface area contributed by atoms with Crippen molar-refractivity contribution in [2.45, 2.75) is 32.0 Å². The van der Waals surface area contributed by atoms with Gasteiger partial charge in [-0.2, -0.15) is 13.2 Å². The standard InChI is InChI=1S/C27H26F3NO5/c28-27(29,30)26(33)36-25(32)14-16-31-15-6-9-20-7-4-12-23(17-20)34-19-21-8-5-13-24(18-21)35-22-10-2-1-3-11-22/h1-5,7-8,10-13,17-18,31H,6,9,14-16,19H2. The molecule has 1 N–H and O–H groups in total. The lowest BCUT2D eigenvalue weighted by atomic mass is 10.1. The number of alkyl halides is 3. The van der Waals surface area contributed by atoms with E-state index < -0.39 is 18.1 Å². The fraction of sp³-hybridized carbons (Fsp3) is 0.259. The van der Waals surface area contributed by atoms with Crippen molar-refractivity contribution in [3.8, 4) is 17.2 Å². The van der Waals surface area contributed by atoms with Crippen molar-refractivity contribution in [3.05, 3.63) is 90.0 Å². The molecule has 0 bridgehead atoms. The van der Waals surface area contributed by atoms with Crippen molar-refractivity contribution in [3.63, 3.8) is 0 Å². The van der Waals surface area contributed by atoms with Crippen LogP contribution in [0.5, 0.6) is 17.2 Å². The summed E-state index contributed by atoms with van der Waals surface area (Å²) in [6.45, 7) is 1.03. The predicted molar refractivity (Wildman–Crippen MR) is 127 cm³/mol. The molecule has 0 aromatic heterocycles. The third-order valence-electron chi connectivity index (χ3n) is 4.94. The average molecular weight is 502 g/mol. The van der Waals surface area contributed by atoms with Gasteiger partial charge < -0.3 is 19.5 Å². The summed E-state index contributed by atoms with van der Waals surface area (Å²) in [5, 5.41) is 2.95. The zero-order chi connectivity index (χ0) is 25.8. The molecule has 3 rings (SSSR count). The Hall–Kier alpha value is -3.85. The first kappa shape index (κ1) is 26.7. The van der Waals surface area contributed by atoms with E-state index in [1.165, 1.54) is 0 Å². The molecular weight excluding hydrogens is 475 g/mol. The minimum Gasteiger partial charge on any atom is -0.489 e. The summed E-state index contributed by atoms with van der Waals surface area (Å²) < 4.78 is 51.7. The molecule has 36 heavy (non-hydrogen) atoms. The Morgan fingerprint density at radius 1 is 0.778 bits per heavy atom. The highest BCUT2D eigenvalue weighted by Gasteiger charge is 2.42. The molecule has 0 aliphatic heterocycles. The highest BCUT2D eigenvalue weighted by Crippen LogP contribution is 2.23. The first-order valence-corrected chi connectivity index (χ1v) is 11.4. The number of carbonyl (C=O) groups excluding carboxylic acids is 2. The van der Waals surface area contributed by atoms with E-state index in [1.54, 1.807) is 0 Å². The van der Waals surface area contributed by atoms with Gasteiger partial charge in [0, 0.05) is 6.54 Å².